The van der Waals surface area contributed by atoms with Crippen molar-refractivity contribution >= 4 is 15.7 Å². The van der Waals surface area contributed by atoms with E-state index in [0.29, 0.717) is 29.8 Å². The number of rotatable bonds is 5. The molecule has 2 heterocycles. The highest BCUT2D eigenvalue weighted by Gasteiger charge is 2.33. The molecule has 0 saturated carbocycles. The molecule has 1 N–H and O–H groups in total. The largest absolute Gasteiger partial charge is 0.434 e. The van der Waals surface area contributed by atoms with Crippen LogP contribution in [-0.4, -0.2) is 31.8 Å². The van der Waals surface area contributed by atoms with E-state index >= 15 is 0 Å². The Bertz CT molecular complexity index is 865. The van der Waals surface area contributed by atoms with E-state index in [0.717, 1.165) is 0 Å². The first kappa shape index (κ1) is 17.7. The molecule has 1 aliphatic rings. The number of halogens is 2. The second-order valence-corrected chi connectivity index (χ2v) is 7.95. The predicted octanol–water partition coefficient (Wildman–Crippen LogP) is 3.28. The molecule has 2 aromatic rings. The Morgan fingerprint density at radius 2 is 2.08 bits per heavy atom. The number of hydrogen-bond acceptors (Lipinski definition) is 4. The summed E-state index contributed by atoms with van der Waals surface area (Å²) < 4.78 is 57.3. The average molecular weight is 371 g/mol. The van der Waals surface area contributed by atoms with Gasteiger partial charge in [-0.1, -0.05) is 19.9 Å². The number of alkyl halides is 2. The van der Waals surface area contributed by atoms with Crippen molar-refractivity contribution in [3.63, 3.8) is 0 Å². The maximum absolute atomic E-state index is 13.1. The number of sulfonamides is 1. The van der Waals surface area contributed by atoms with E-state index in [1.807, 2.05) is 13.8 Å². The standard InChI is InChI=1S/C16H19F2N3O3S/c1-10(2)15-14(9-19-20-15)25(22,23)21-8-4-5-11-12(21)6-3-7-13(11)24-16(17)18/h3,6-7,9-10,16H,4-5,8H2,1-2H3,(H,19,20). The van der Waals surface area contributed by atoms with Crippen molar-refractivity contribution in [1.29, 1.82) is 0 Å². The van der Waals surface area contributed by atoms with Gasteiger partial charge < -0.3 is 4.74 Å². The third-order valence-corrected chi connectivity index (χ3v) is 6.00. The Morgan fingerprint density at radius 3 is 2.76 bits per heavy atom. The third kappa shape index (κ3) is 3.20. The number of ether oxygens (including phenoxy) is 1. The molecular formula is C16H19F2N3O3S. The van der Waals surface area contributed by atoms with Crippen LogP contribution in [0.4, 0.5) is 14.5 Å². The molecule has 6 nitrogen and oxygen atoms in total. The first-order valence-corrected chi connectivity index (χ1v) is 9.39. The van der Waals surface area contributed by atoms with Gasteiger partial charge >= 0.3 is 6.61 Å². The lowest BCUT2D eigenvalue weighted by Gasteiger charge is -2.31. The normalized spacial score (nSPS) is 14.9. The summed E-state index contributed by atoms with van der Waals surface area (Å²) in [6.45, 7) is 1.05. The molecule has 1 aliphatic heterocycles. The van der Waals surface area contributed by atoms with Gasteiger partial charge in [0.25, 0.3) is 10.0 Å². The molecule has 1 aromatic heterocycles. The van der Waals surface area contributed by atoms with Crippen molar-refractivity contribution in [2.45, 2.75) is 44.1 Å². The number of H-pyrrole nitrogens is 1. The lowest BCUT2D eigenvalue weighted by Crippen LogP contribution is -2.36. The van der Waals surface area contributed by atoms with Crippen LogP contribution in [0.3, 0.4) is 0 Å². The molecule has 0 spiro atoms. The number of fused-ring (bicyclic) bond motifs is 1. The van der Waals surface area contributed by atoms with Crippen LogP contribution in [0.1, 0.15) is 37.4 Å². The summed E-state index contributed by atoms with van der Waals surface area (Å²) in [5.74, 6) is -0.0336. The lowest BCUT2D eigenvalue weighted by molar-refractivity contribution is -0.0504. The Hall–Kier alpha value is -2.16. The van der Waals surface area contributed by atoms with E-state index in [4.69, 9.17) is 0 Å². The van der Waals surface area contributed by atoms with Crippen LogP contribution < -0.4 is 9.04 Å². The monoisotopic (exact) mass is 371 g/mol. The fourth-order valence-electron chi connectivity index (χ4n) is 3.04. The summed E-state index contributed by atoms with van der Waals surface area (Å²) >= 11 is 0. The minimum absolute atomic E-state index is 0.0173. The topological polar surface area (TPSA) is 75.3 Å². The van der Waals surface area contributed by atoms with Crippen LogP contribution in [0.15, 0.2) is 29.3 Å². The highest BCUT2D eigenvalue weighted by Crippen LogP contribution is 2.38. The maximum atomic E-state index is 13.1. The smallest absolute Gasteiger partial charge is 0.387 e. The second kappa shape index (κ2) is 6.62. The molecule has 0 bridgehead atoms. The molecule has 9 heteroatoms. The Morgan fingerprint density at radius 1 is 1.32 bits per heavy atom. The van der Waals surface area contributed by atoms with Gasteiger partial charge in [0.2, 0.25) is 0 Å². The van der Waals surface area contributed by atoms with E-state index in [1.54, 1.807) is 6.07 Å². The predicted molar refractivity (Wildman–Crippen MR) is 88.6 cm³/mol. The quantitative estimate of drug-likeness (QED) is 0.875. The summed E-state index contributed by atoms with van der Waals surface area (Å²) in [6, 6.07) is 4.56. The van der Waals surface area contributed by atoms with Crippen molar-refractivity contribution in [3.05, 3.63) is 35.7 Å². The Labute approximate surface area is 144 Å². The lowest BCUT2D eigenvalue weighted by atomic mass is 10.0. The van der Waals surface area contributed by atoms with Gasteiger partial charge in [-0.05, 0) is 30.9 Å². The van der Waals surface area contributed by atoms with Crippen LogP contribution in [0.25, 0.3) is 0 Å². The first-order valence-electron chi connectivity index (χ1n) is 7.95. The number of hydrogen-bond donors (Lipinski definition) is 1. The molecular weight excluding hydrogens is 352 g/mol. The Kier molecular flexibility index (Phi) is 4.68. The number of anilines is 1. The summed E-state index contributed by atoms with van der Waals surface area (Å²) in [5.41, 5.74) is 1.37. The van der Waals surface area contributed by atoms with Gasteiger partial charge in [0.05, 0.1) is 17.6 Å². The minimum Gasteiger partial charge on any atom is -0.434 e. The molecule has 136 valence electrons. The molecule has 0 aliphatic carbocycles. The third-order valence-electron chi connectivity index (χ3n) is 4.16. The van der Waals surface area contributed by atoms with Gasteiger partial charge in [0.1, 0.15) is 10.6 Å². The van der Waals surface area contributed by atoms with E-state index in [2.05, 4.69) is 14.9 Å². The molecule has 0 atom stereocenters. The zero-order valence-corrected chi connectivity index (χ0v) is 14.7. The summed E-state index contributed by atoms with van der Waals surface area (Å²) in [7, 11) is -3.86. The van der Waals surface area contributed by atoms with Gasteiger partial charge in [0, 0.05) is 12.1 Å². The van der Waals surface area contributed by atoms with Gasteiger partial charge in [-0.25, -0.2) is 8.42 Å². The van der Waals surface area contributed by atoms with Crippen molar-refractivity contribution in [2.75, 3.05) is 10.8 Å². The van der Waals surface area contributed by atoms with E-state index in [9.17, 15) is 17.2 Å². The van der Waals surface area contributed by atoms with Crippen LogP contribution >= 0.6 is 0 Å². The summed E-state index contributed by atoms with van der Waals surface area (Å²) in [4.78, 5) is 0.107. The molecule has 3 rings (SSSR count). The number of nitrogens with zero attached hydrogens (tertiary/aromatic N) is 2. The molecule has 0 unspecified atom stereocenters. The Balaban J connectivity index is 2.07. The molecule has 0 fully saturated rings. The summed E-state index contributed by atoms with van der Waals surface area (Å²) in [6.07, 6.45) is 2.29. The van der Waals surface area contributed by atoms with E-state index in [-0.39, 0.29) is 23.1 Å². The molecule has 0 radical (unpaired) electrons. The molecule has 25 heavy (non-hydrogen) atoms. The van der Waals surface area contributed by atoms with Crippen LogP contribution in [0.5, 0.6) is 5.75 Å². The van der Waals surface area contributed by atoms with Crippen molar-refractivity contribution in [3.8, 4) is 5.75 Å². The van der Waals surface area contributed by atoms with Crippen molar-refractivity contribution in [2.24, 2.45) is 0 Å². The van der Waals surface area contributed by atoms with Crippen LogP contribution in [-0.2, 0) is 16.4 Å². The highest BCUT2D eigenvalue weighted by molar-refractivity contribution is 7.92. The maximum Gasteiger partial charge on any atom is 0.387 e. The van der Waals surface area contributed by atoms with Crippen LogP contribution in [0.2, 0.25) is 0 Å². The van der Waals surface area contributed by atoms with E-state index in [1.165, 1.54) is 22.6 Å². The number of benzene rings is 1. The molecule has 1 aromatic carbocycles. The van der Waals surface area contributed by atoms with Crippen molar-refractivity contribution in [1.82, 2.24) is 10.2 Å². The fraction of sp³-hybridized carbons (Fsp3) is 0.438. The highest BCUT2D eigenvalue weighted by atomic mass is 32.2. The zero-order chi connectivity index (χ0) is 18.2. The SMILES string of the molecule is CC(C)c1[nH]ncc1S(=O)(=O)N1CCCc2c(OC(F)F)cccc21. The molecule has 0 amide bonds. The fourth-order valence-corrected chi connectivity index (χ4v) is 4.82. The number of nitrogens with one attached hydrogen (secondary N) is 1. The second-order valence-electron chi connectivity index (χ2n) is 6.12. The number of aromatic nitrogens is 2. The van der Waals surface area contributed by atoms with Crippen molar-refractivity contribution < 1.29 is 21.9 Å². The zero-order valence-electron chi connectivity index (χ0n) is 13.9. The summed E-state index contributed by atoms with van der Waals surface area (Å²) in [5, 5.41) is 6.59. The van der Waals surface area contributed by atoms with Crippen LogP contribution in [0, 0.1) is 0 Å². The first-order chi connectivity index (χ1) is 11.8. The number of aromatic amines is 1. The van der Waals surface area contributed by atoms with Gasteiger partial charge in [0.15, 0.2) is 0 Å². The average Bonchev–Trinajstić information content (AvgIpc) is 3.05. The van der Waals surface area contributed by atoms with Gasteiger partial charge in [-0.15, -0.1) is 0 Å². The van der Waals surface area contributed by atoms with Gasteiger partial charge in [-0.2, -0.15) is 13.9 Å². The minimum atomic E-state index is -3.86. The van der Waals surface area contributed by atoms with E-state index < -0.39 is 16.6 Å². The van der Waals surface area contributed by atoms with Gasteiger partial charge in [-0.3, -0.25) is 9.40 Å². The molecule has 0 saturated heterocycles.